The van der Waals surface area contributed by atoms with E-state index in [0.717, 1.165) is 12.5 Å². The lowest BCUT2D eigenvalue weighted by atomic mass is 10.2. The number of rotatable bonds is 6. The molecule has 0 radical (unpaired) electrons. The number of nitrogens with one attached hydrogen (secondary N) is 1. The number of hydrogen-bond acceptors (Lipinski definition) is 5. The fourth-order valence-electron chi connectivity index (χ4n) is 1.62. The fourth-order valence-corrected chi connectivity index (χ4v) is 2.52. The molecule has 0 saturated heterocycles. The highest BCUT2D eigenvalue weighted by molar-refractivity contribution is 7.94. The average molecular weight is 310 g/mol. The van der Waals surface area contributed by atoms with Gasteiger partial charge in [0.1, 0.15) is 12.7 Å². The van der Waals surface area contributed by atoms with E-state index in [1.165, 1.54) is 6.33 Å². The molecule has 1 unspecified atom stereocenters. The Labute approximate surface area is 121 Å². The Bertz CT molecular complexity index is 727. The molecule has 0 aliphatic heterocycles. The molecule has 0 bridgehead atoms. The van der Waals surface area contributed by atoms with Gasteiger partial charge in [-0.25, -0.2) is 18.1 Å². The van der Waals surface area contributed by atoms with Gasteiger partial charge < -0.3 is 5.11 Å². The number of sulfonamides is 1. The SMILES string of the molecule is CC(C(=O)O)S(=O)(=O)Nc1cccc(Cn2cncn2)c1. The van der Waals surface area contributed by atoms with E-state index in [-0.39, 0.29) is 0 Å². The smallest absolute Gasteiger partial charge is 0.323 e. The first kappa shape index (κ1) is 15.0. The lowest BCUT2D eigenvalue weighted by Crippen LogP contribution is -2.32. The summed E-state index contributed by atoms with van der Waals surface area (Å²) in [5.41, 5.74) is 1.12. The van der Waals surface area contributed by atoms with Crippen molar-refractivity contribution in [3.63, 3.8) is 0 Å². The van der Waals surface area contributed by atoms with Crippen LogP contribution in [0.25, 0.3) is 0 Å². The van der Waals surface area contributed by atoms with Gasteiger partial charge in [0.25, 0.3) is 0 Å². The number of hydrogen-bond donors (Lipinski definition) is 2. The van der Waals surface area contributed by atoms with Gasteiger partial charge in [0.2, 0.25) is 10.0 Å². The quantitative estimate of drug-likeness (QED) is 0.805. The molecule has 1 aromatic heterocycles. The molecule has 0 fully saturated rings. The number of nitrogens with zero attached hydrogens (tertiary/aromatic N) is 3. The maximum absolute atomic E-state index is 11.9. The van der Waals surface area contributed by atoms with Crippen LogP contribution in [0.2, 0.25) is 0 Å². The van der Waals surface area contributed by atoms with Gasteiger partial charge in [0, 0.05) is 5.69 Å². The van der Waals surface area contributed by atoms with Gasteiger partial charge in [-0.2, -0.15) is 5.10 Å². The second-order valence-electron chi connectivity index (χ2n) is 4.42. The number of carbonyl (C=O) groups is 1. The lowest BCUT2D eigenvalue weighted by Gasteiger charge is -2.12. The van der Waals surface area contributed by atoms with Gasteiger partial charge in [-0.3, -0.25) is 9.52 Å². The molecule has 1 atom stereocenters. The molecule has 1 heterocycles. The predicted octanol–water partition coefficient (Wildman–Crippen LogP) is 0.541. The van der Waals surface area contributed by atoms with E-state index in [4.69, 9.17) is 5.11 Å². The lowest BCUT2D eigenvalue weighted by molar-refractivity contribution is -0.136. The van der Waals surface area contributed by atoms with E-state index in [2.05, 4.69) is 14.8 Å². The van der Waals surface area contributed by atoms with Crippen LogP contribution in [0.5, 0.6) is 0 Å². The Morgan fingerprint density at radius 2 is 2.24 bits per heavy atom. The van der Waals surface area contributed by atoms with Crippen LogP contribution < -0.4 is 4.72 Å². The van der Waals surface area contributed by atoms with Crippen LogP contribution in [0.15, 0.2) is 36.9 Å². The van der Waals surface area contributed by atoms with Crippen molar-refractivity contribution in [2.45, 2.75) is 18.7 Å². The number of aromatic nitrogens is 3. The molecular formula is C12H14N4O4S. The van der Waals surface area contributed by atoms with Crippen molar-refractivity contribution < 1.29 is 18.3 Å². The predicted molar refractivity (Wildman–Crippen MR) is 75.2 cm³/mol. The molecule has 0 aliphatic rings. The monoisotopic (exact) mass is 310 g/mol. The molecular weight excluding hydrogens is 296 g/mol. The third-order valence-electron chi connectivity index (χ3n) is 2.81. The summed E-state index contributed by atoms with van der Waals surface area (Å²) in [5.74, 6) is -1.40. The molecule has 0 aliphatic carbocycles. The Hall–Kier alpha value is -2.42. The standard InChI is InChI=1S/C12H14N4O4S/c1-9(12(17)18)21(19,20)15-11-4-2-3-10(5-11)6-16-8-13-7-14-16/h2-5,7-9,15H,6H2,1H3,(H,17,18). The Kier molecular flexibility index (Phi) is 4.22. The van der Waals surface area contributed by atoms with Crippen LogP contribution in [0.4, 0.5) is 5.69 Å². The third-order valence-corrected chi connectivity index (χ3v) is 4.46. The largest absolute Gasteiger partial charge is 0.480 e. The first-order valence-electron chi connectivity index (χ1n) is 6.04. The molecule has 8 nitrogen and oxygen atoms in total. The molecule has 21 heavy (non-hydrogen) atoms. The second kappa shape index (κ2) is 5.92. The normalized spacial score (nSPS) is 12.8. The summed E-state index contributed by atoms with van der Waals surface area (Å²) >= 11 is 0. The van der Waals surface area contributed by atoms with E-state index in [1.807, 2.05) is 0 Å². The van der Waals surface area contributed by atoms with E-state index < -0.39 is 21.2 Å². The number of carboxylic acid groups (broad SMARTS) is 1. The van der Waals surface area contributed by atoms with Crippen molar-refractivity contribution in [3.8, 4) is 0 Å². The van der Waals surface area contributed by atoms with Crippen molar-refractivity contribution in [3.05, 3.63) is 42.5 Å². The highest BCUT2D eigenvalue weighted by Crippen LogP contribution is 2.15. The van der Waals surface area contributed by atoms with Gasteiger partial charge in [-0.1, -0.05) is 12.1 Å². The van der Waals surface area contributed by atoms with Crippen LogP contribution in [0.3, 0.4) is 0 Å². The molecule has 9 heteroatoms. The first-order chi connectivity index (χ1) is 9.88. The number of carboxylic acids is 1. The fraction of sp³-hybridized carbons (Fsp3) is 0.250. The Morgan fingerprint density at radius 3 is 2.86 bits per heavy atom. The summed E-state index contributed by atoms with van der Waals surface area (Å²) in [5, 5.41) is 11.2. The van der Waals surface area contributed by atoms with Crippen molar-refractivity contribution in [2.75, 3.05) is 4.72 Å². The van der Waals surface area contributed by atoms with Crippen molar-refractivity contribution in [1.82, 2.24) is 14.8 Å². The van der Waals surface area contributed by atoms with E-state index in [0.29, 0.717) is 12.2 Å². The minimum atomic E-state index is -3.98. The summed E-state index contributed by atoms with van der Waals surface area (Å²) in [6.07, 6.45) is 2.95. The van der Waals surface area contributed by atoms with E-state index >= 15 is 0 Å². The molecule has 2 rings (SSSR count). The van der Waals surface area contributed by atoms with Crippen LogP contribution >= 0.6 is 0 Å². The molecule has 112 valence electrons. The van der Waals surface area contributed by atoms with Crippen LogP contribution in [-0.2, 0) is 21.4 Å². The highest BCUT2D eigenvalue weighted by atomic mass is 32.2. The maximum Gasteiger partial charge on any atom is 0.323 e. The van der Waals surface area contributed by atoms with Crippen LogP contribution in [-0.4, -0.2) is 39.5 Å². The zero-order valence-electron chi connectivity index (χ0n) is 11.2. The number of benzene rings is 1. The summed E-state index contributed by atoms with van der Waals surface area (Å²) in [6.45, 7) is 1.55. The van der Waals surface area contributed by atoms with Crippen molar-refractivity contribution in [2.24, 2.45) is 0 Å². The Morgan fingerprint density at radius 1 is 1.48 bits per heavy atom. The maximum atomic E-state index is 11.9. The van der Waals surface area contributed by atoms with Gasteiger partial charge in [-0.15, -0.1) is 0 Å². The number of anilines is 1. The summed E-state index contributed by atoms with van der Waals surface area (Å²) in [6, 6.07) is 6.65. The second-order valence-corrected chi connectivity index (χ2v) is 6.42. The zero-order chi connectivity index (χ0) is 15.5. The minimum Gasteiger partial charge on any atom is -0.480 e. The van der Waals surface area contributed by atoms with Crippen molar-refractivity contribution in [1.29, 1.82) is 0 Å². The molecule has 0 saturated carbocycles. The molecule has 2 N–H and O–H groups in total. The summed E-state index contributed by atoms with van der Waals surface area (Å²) in [4.78, 5) is 14.6. The zero-order valence-corrected chi connectivity index (χ0v) is 12.0. The number of aliphatic carboxylic acids is 1. The third kappa shape index (κ3) is 3.78. The van der Waals surface area contributed by atoms with Gasteiger partial charge in [0.05, 0.1) is 6.54 Å². The summed E-state index contributed by atoms with van der Waals surface area (Å²) in [7, 11) is -3.98. The van der Waals surface area contributed by atoms with Gasteiger partial charge in [-0.05, 0) is 24.6 Å². The molecule has 0 spiro atoms. The first-order valence-corrected chi connectivity index (χ1v) is 7.59. The highest BCUT2D eigenvalue weighted by Gasteiger charge is 2.27. The topological polar surface area (TPSA) is 114 Å². The van der Waals surface area contributed by atoms with E-state index in [9.17, 15) is 13.2 Å². The van der Waals surface area contributed by atoms with Crippen molar-refractivity contribution >= 4 is 21.7 Å². The van der Waals surface area contributed by atoms with Gasteiger partial charge >= 0.3 is 5.97 Å². The average Bonchev–Trinajstić information content (AvgIpc) is 2.90. The molecule has 2 aromatic rings. The minimum absolute atomic E-state index is 0.306. The van der Waals surface area contributed by atoms with Gasteiger partial charge in [0.15, 0.2) is 5.25 Å². The van der Waals surface area contributed by atoms with Crippen LogP contribution in [0, 0.1) is 0 Å². The Balaban J connectivity index is 2.16. The van der Waals surface area contributed by atoms with Crippen LogP contribution in [0.1, 0.15) is 12.5 Å². The molecule has 1 aromatic carbocycles. The summed E-state index contributed by atoms with van der Waals surface area (Å²) < 4.78 is 27.6. The molecule has 0 amide bonds. The van der Waals surface area contributed by atoms with E-state index in [1.54, 1.807) is 35.3 Å².